The number of ketones is 2. The number of piperidine rings is 2. The van der Waals surface area contributed by atoms with E-state index in [0.717, 1.165) is 92.9 Å². The highest BCUT2D eigenvalue weighted by Crippen LogP contribution is 2.39. The van der Waals surface area contributed by atoms with Gasteiger partial charge in [-0.2, -0.15) is 0 Å². The summed E-state index contributed by atoms with van der Waals surface area (Å²) in [5.41, 5.74) is 13.4. The summed E-state index contributed by atoms with van der Waals surface area (Å²) in [4.78, 5) is 154. The molecule has 137 heavy (non-hydrogen) atoms. The third-order valence-corrected chi connectivity index (χ3v) is 28.5. The fourth-order valence-electron chi connectivity index (χ4n) is 17.3. The molecule has 2 unspecified atom stereocenters. The molecule has 0 saturated carbocycles. The highest BCUT2D eigenvalue weighted by molar-refractivity contribution is 7.19. The number of nitrogens with zero attached hydrogens (tertiary/aromatic N) is 14. The van der Waals surface area contributed by atoms with E-state index in [9.17, 15) is 53.1 Å². The number of aromatic nitrogens is 10. The number of anilines is 4. The van der Waals surface area contributed by atoms with E-state index >= 15 is 0 Å². The summed E-state index contributed by atoms with van der Waals surface area (Å²) in [6.07, 6.45) is 8.96. The van der Waals surface area contributed by atoms with Gasteiger partial charge in [-0.3, -0.25) is 58.4 Å². The Labute approximate surface area is 802 Å². The molecule has 6 aliphatic rings. The van der Waals surface area contributed by atoms with E-state index < -0.39 is 35.8 Å². The molecule has 6 aromatic carbocycles. The number of carboxylic acids is 1. The number of Topliss-reactive ketones (excluding diaryl/α,β-unsaturated/α-hetero) is 2. The SMILES string of the molecule is COCOC(=O)c1nc(N2CCc3cccc(C(=O)Cc4nc5ccccc5s4)c3C2)sc1CCCn1cc(COCCOCCOCCNc2cccc3c2CN(C2CCC(=O)NC2=O)C3=O)nn1.O=C1CCC(N2Cc3c(NCCOCCOCCOCc4cn(CCCc5sc(N6CCc7cccc(C(=O)Cc8nc9ccccc9s8)c7C6)nc5C(=O)O)nn4)cccc3C2=O)C(=O)N1. The second-order valence-electron chi connectivity index (χ2n) is 33.3. The van der Waals surface area contributed by atoms with Crippen LogP contribution in [0.5, 0.6) is 0 Å². The highest BCUT2D eigenvalue weighted by atomic mass is 32.1. The van der Waals surface area contributed by atoms with Crippen LogP contribution in [-0.4, -0.2) is 242 Å². The standard InChI is InChI=1S/C49H53N9O10S2.C47H49N9O9S2/c1-64-30-68-48(63)45-42(70-49(53-45)56-19-16-31-7-4-8-33(35(31)27-56)40(59)25-44-51-38-10-2-3-12-41(38)69-44)13-6-18-57-26-32(54-55-57)29-67-24-23-66-22-21-65-20-17-50-37-11-5-9-34-36(37)28-58(47(34)62)39-14-15-43(60)52-46(39)61;57-38(24-42-49-36-9-1-2-11-39(36)66-42)31-7-3-6-29-15-18-54(26-33(29)31)47-51-43(46(61)62)40(67-47)12-5-17-55-25-30(52-53-55)28-65-23-22-64-21-20-63-19-16-48-35-10-4-8-32-34(35)27-56(45(32)60)37-13-14-41(58)50-44(37)59/h2-5,7-12,26,39,50H,6,13-25,27-30H2,1H3,(H,52,60,61);1-4,6-11,25,37,48H,5,12-24,26-28H2,(H,61,62)(H,50,58,59). The number of imide groups is 2. The smallest absolute Gasteiger partial charge is 0.360 e. The number of carboxylic acid groups (broad SMARTS) is 1. The molecule has 6 aromatic heterocycles. The van der Waals surface area contributed by atoms with E-state index in [1.807, 2.05) is 97.3 Å². The number of aryl methyl sites for hydroxylation is 4. The molecule has 41 heteroatoms. The molecular formula is C96H102N18O19S4. The zero-order valence-electron chi connectivity index (χ0n) is 75.3. The summed E-state index contributed by atoms with van der Waals surface area (Å²) in [6, 6.07) is 37.1. The van der Waals surface area contributed by atoms with Crippen molar-refractivity contribution in [2.45, 2.75) is 142 Å². The van der Waals surface area contributed by atoms with E-state index in [4.69, 9.17) is 42.9 Å². The van der Waals surface area contributed by atoms with Crippen molar-refractivity contribution in [1.82, 2.24) is 70.4 Å². The normalized spacial score (nSPS) is 15.7. The Bertz CT molecular complexity index is 6360. The largest absolute Gasteiger partial charge is 0.476 e. The Kier molecular flexibility index (Phi) is 32.0. The number of fused-ring (bicyclic) bond motifs is 6. The topological polar surface area (TPSA) is 439 Å². The lowest BCUT2D eigenvalue weighted by Gasteiger charge is -2.29. The van der Waals surface area contributed by atoms with Crippen LogP contribution in [0.3, 0.4) is 0 Å². The molecule has 0 spiro atoms. The van der Waals surface area contributed by atoms with Crippen molar-refractivity contribution in [3.63, 3.8) is 0 Å². The fourth-order valence-corrected chi connectivity index (χ4v) is 21.5. The van der Waals surface area contributed by atoms with Crippen LogP contribution in [-0.2, 0) is 148 Å². The molecule has 714 valence electrons. The molecule has 0 radical (unpaired) electrons. The molecule has 12 heterocycles. The average molecular weight is 1940 g/mol. The Morgan fingerprint density at radius 3 is 1.36 bits per heavy atom. The third-order valence-electron chi connectivity index (χ3n) is 24.1. The molecule has 18 rings (SSSR count). The van der Waals surface area contributed by atoms with Crippen LogP contribution in [0.1, 0.15) is 165 Å². The second-order valence-corrected chi connectivity index (χ2v) is 37.6. The second kappa shape index (κ2) is 45.8. The number of thiazole rings is 4. The number of carbonyl (C=O) groups is 10. The van der Waals surface area contributed by atoms with Gasteiger partial charge in [0.05, 0.1) is 125 Å². The Morgan fingerprint density at radius 2 is 0.912 bits per heavy atom. The predicted octanol–water partition coefficient (Wildman–Crippen LogP) is 10.2. The van der Waals surface area contributed by atoms with Crippen molar-refractivity contribution < 1.29 is 90.9 Å². The van der Waals surface area contributed by atoms with Gasteiger partial charge in [-0.05, 0) is 122 Å². The van der Waals surface area contributed by atoms with Gasteiger partial charge >= 0.3 is 11.9 Å². The highest BCUT2D eigenvalue weighted by Gasteiger charge is 2.42. The molecule has 2 saturated heterocycles. The maximum atomic E-state index is 13.7. The fraction of sp³-hybridized carbons (Fsp3) is 0.396. The lowest BCUT2D eigenvalue weighted by molar-refractivity contribution is -0.138. The molecular weight excluding hydrogens is 1840 g/mol. The van der Waals surface area contributed by atoms with Crippen molar-refractivity contribution >= 4 is 146 Å². The number of rotatable bonds is 46. The first kappa shape index (κ1) is 95.8. The lowest BCUT2D eigenvalue weighted by atomic mass is 9.92. The van der Waals surface area contributed by atoms with Crippen LogP contribution in [0, 0.1) is 0 Å². The van der Waals surface area contributed by atoms with Gasteiger partial charge in [0.25, 0.3) is 11.8 Å². The summed E-state index contributed by atoms with van der Waals surface area (Å²) in [5.74, 6) is -3.50. The molecule has 12 aromatic rings. The third kappa shape index (κ3) is 23.8. The van der Waals surface area contributed by atoms with E-state index in [0.29, 0.717) is 219 Å². The first-order chi connectivity index (χ1) is 66.9. The molecule has 5 N–H and O–H groups in total. The number of esters is 1. The molecule has 0 bridgehead atoms. The van der Waals surface area contributed by atoms with E-state index in [-0.39, 0.29) is 92.3 Å². The maximum Gasteiger partial charge on any atom is 0.360 e. The summed E-state index contributed by atoms with van der Waals surface area (Å²) in [7, 11) is 1.46. The number of hydrogen-bond acceptors (Lipinski definition) is 34. The minimum Gasteiger partial charge on any atom is -0.476 e. The van der Waals surface area contributed by atoms with Gasteiger partial charge in [0, 0.05) is 140 Å². The molecule has 2 atom stereocenters. The van der Waals surface area contributed by atoms with Crippen LogP contribution >= 0.6 is 45.3 Å². The number of hydrogen-bond donors (Lipinski definition) is 5. The zero-order chi connectivity index (χ0) is 94.7. The van der Waals surface area contributed by atoms with Gasteiger partial charge in [-0.15, -0.1) is 55.5 Å². The minimum atomic E-state index is -1.07. The van der Waals surface area contributed by atoms with Crippen LogP contribution in [0.15, 0.2) is 134 Å². The Morgan fingerprint density at radius 1 is 0.474 bits per heavy atom. The Hall–Kier alpha value is -12.9. The zero-order valence-corrected chi connectivity index (χ0v) is 78.6. The average Bonchev–Trinajstić information content (AvgIpc) is 1.64. The predicted molar refractivity (Wildman–Crippen MR) is 507 cm³/mol. The van der Waals surface area contributed by atoms with Crippen LogP contribution in [0.4, 0.5) is 21.6 Å². The molecule has 0 aliphatic carbocycles. The van der Waals surface area contributed by atoms with Gasteiger partial charge in [-0.25, -0.2) is 29.5 Å². The van der Waals surface area contributed by atoms with Crippen LogP contribution in [0.25, 0.3) is 20.4 Å². The summed E-state index contributed by atoms with van der Waals surface area (Å²) in [6.45, 7) is 9.24. The number of para-hydroxylation sites is 2. The number of carbonyl (C=O) groups excluding carboxylic acids is 9. The van der Waals surface area contributed by atoms with Gasteiger partial charge in [0.15, 0.2) is 40.0 Å². The quantitative estimate of drug-likeness (QED) is 0.00778. The lowest BCUT2D eigenvalue weighted by Crippen LogP contribution is -2.52. The molecule has 2 fully saturated rings. The van der Waals surface area contributed by atoms with Crippen molar-refractivity contribution in [3.8, 4) is 0 Å². The van der Waals surface area contributed by atoms with Gasteiger partial charge in [0.1, 0.15) is 33.5 Å². The van der Waals surface area contributed by atoms with Gasteiger partial charge < -0.3 is 73.2 Å². The summed E-state index contributed by atoms with van der Waals surface area (Å²) < 4.78 is 50.2. The number of amides is 6. The summed E-state index contributed by atoms with van der Waals surface area (Å²) >= 11 is 5.92. The molecule has 37 nitrogen and oxygen atoms in total. The minimum absolute atomic E-state index is 0.0137. The van der Waals surface area contributed by atoms with Crippen LogP contribution < -0.4 is 31.1 Å². The van der Waals surface area contributed by atoms with E-state index in [2.05, 4.69) is 78.8 Å². The molecule has 6 amide bonds. The number of ether oxygens (including phenoxy) is 8. The first-order valence-corrected chi connectivity index (χ1v) is 48.8. The molecule has 6 aliphatic heterocycles. The Balaban J connectivity index is 0.000000190. The van der Waals surface area contributed by atoms with Crippen molar-refractivity contribution in [3.05, 3.63) is 232 Å². The maximum absolute atomic E-state index is 13.7. The van der Waals surface area contributed by atoms with Crippen LogP contribution in [0.2, 0.25) is 0 Å². The first-order valence-electron chi connectivity index (χ1n) is 45.5. The van der Waals surface area contributed by atoms with Crippen molar-refractivity contribution in [2.24, 2.45) is 0 Å². The number of nitrogens with one attached hydrogen (secondary N) is 4. The van der Waals surface area contributed by atoms with E-state index in [1.165, 1.54) is 50.9 Å². The van der Waals surface area contributed by atoms with Gasteiger partial charge in [0.2, 0.25) is 23.6 Å². The van der Waals surface area contributed by atoms with Crippen molar-refractivity contribution in [1.29, 1.82) is 0 Å². The monoisotopic (exact) mass is 1940 g/mol. The van der Waals surface area contributed by atoms with Gasteiger partial charge in [-0.1, -0.05) is 83.2 Å². The number of methoxy groups -OCH3 is 1. The number of benzene rings is 6. The summed E-state index contributed by atoms with van der Waals surface area (Å²) in [5, 5.41) is 41.2. The van der Waals surface area contributed by atoms with E-state index in [1.54, 1.807) is 45.0 Å². The van der Waals surface area contributed by atoms with Crippen molar-refractivity contribution in [2.75, 3.05) is 127 Å². The number of aromatic carboxylic acids is 1.